The van der Waals surface area contributed by atoms with Crippen molar-refractivity contribution in [3.05, 3.63) is 23.9 Å². The minimum atomic E-state index is -4.40. The second-order valence-electron chi connectivity index (χ2n) is 4.39. The van der Waals surface area contributed by atoms with Gasteiger partial charge >= 0.3 is 6.18 Å². The molecule has 0 radical (unpaired) electrons. The van der Waals surface area contributed by atoms with Gasteiger partial charge in [-0.1, -0.05) is 6.07 Å². The maximum Gasteiger partial charge on any atom is 0.433 e. The second-order valence-corrected chi connectivity index (χ2v) is 4.66. The highest BCUT2D eigenvalue weighted by Crippen LogP contribution is 2.46. The van der Waals surface area contributed by atoms with Crippen molar-refractivity contribution >= 4 is 17.4 Å². The molecule has 1 aromatic heterocycles. The number of pyridine rings is 1. The Bertz CT molecular complexity index is 402. The number of halogens is 4. The molecule has 0 aromatic carbocycles. The Morgan fingerprint density at radius 1 is 1.35 bits per heavy atom. The quantitative estimate of drug-likeness (QED) is 0.842. The van der Waals surface area contributed by atoms with Gasteiger partial charge in [0, 0.05) is 17.8 Å². The Hall–Kier alpha value is -0.970. The maximum absolute atomic E-state index is 12.4. The van der Waals surface area contributed by atoms with E-state index in [9.17, 15) is 13.2 Å². The third-order valence-electron chi connectivity index (χ3n) is 2.92. The van der Waals surface area contributed by atoms with Crippen molar-refractivity contribution in [2.75, 3.05) is 17.7 Å². The summed E-state index contributed by atoms with van der Waals surface area (Å²) in [7, 11) is 0. The number of anilines is 1. The highest BCUT2D eigenvalue weighted by molar-refractivity contribution is 6.18. The van der Waals surface area contributed by atoms with E-state index >= 15 is 0 Å². The SMILES string of the molecule is FC(F)(F)c1cccc(NCC2(CCl)CC2)n1. The van der Waals surface area contributed by atoms with Crippen molar-refractivity contribution in [1.82, 2.24) is 4.98 Å². The molecular weight excluding hydrogens is 253 g/mol. The molecule has 1 saturated carbocycles. The average Bonchev–Trinajstić information content (AvgIpc) is 3.06. The zero-order valence-electron chi connectivity index (χ0n) is 9.02. The number of alkyl halides is 4. The van der Waals surface area contributed by atoms with Crippen LogP contribution in [0.25, 0.3) is 0 Å². The summed E-state index contributed by atoms with van der Waals surface area (Å²) in [4.78, 5) is 3.53. The zero-order chi connectivity index (χ0) is 12.5. The van der Waals surface area contributed by atoms with Crippen molar-refractivity contribution in [2.24, 2.45) is 5.41 Å². The van der Waals surface area contributed by atoms with Crippen molar-refractivity contribution < 1.29 is 13.2 Å². The van der Waals surface area contributed by atoms with Gasteiger partial charge in [-0.05, 0) is 25.0 Å². The summed E-state index contributed by atoms with van der Waals surface area (Å²) in [6.45, 7) is 0.574. The lowest BCUT2D eigenvalue weighted by molar-refractivity contribution is -0.141. The standard InChI is InChI=1S/C11H12ClF3N2/c12-6-10(4-5-10)7-16-9-3-1-2-8(17-9)11(13,14)15/h1-3H,4-7H2,(H,16,17). The van der Waals surface area contributed by atoms with Crippen LogP contribution in [0.1, 0.15) is 18.5 Å². The molecule has 0 spiro atoms. The lowest BCUT2D eigenvalue weighted by atomic mass is 10.1. The maximum atomic E-state index is 12.4. The van der Waals surface area contributed by atoms with Crippen LogP contribution >= 0.6 is 11.6 Å². The van der Waals surface area contributed by atoms with E-state index in [0.717, 1.165) is 18.9 Å². The molecular formula is C11H12ClF3N2. The summed E-state index contributed by atoms with van der Waals surface area (Å²) in [6.07, 6.45) is -2.37. The first-order valence-corrected chi connectivity index (χ1v) is 5.83. The topological polar surface area (TPSA) is 24.9 Å². The molecule has 1 heterocycles. The largest absolute Gasteiger partial charge is 0.433 e. The molecule has 0 saturated heterocycles. The molecule has 1 aliphatic rings. The van der Waals surface area contributed by atoms with Crippen LogP contribution in [0.3, 0.4) is 0 Å². The van der Waals surface area contributed by atoms with Crippen molar-refractivity contribution in [3.8, 4) is 0 Å². The Kier molecular flexibility index (Phi) is 3.21. The number of aromatic nitrogens is 1. The summed E-state index contributed by atoms with van der Waals surface area (Å²) in [5.74, 6) is 0.773. The van der Waals surface area contributed by atoms with Gasteiger partial charge in [0.1, 0.15) is 11.5 Å². The van der Waals surface area contributed by atoms with E-state index in [1.165, 1.54) is 12.1 Å². The number of nitrogens with zero attached hydrogens (tertiary/aromatic N) is 1. The fraction of sp³-hybridized carbons (Fsp3) is 0.545. The minimum Gasteiger partial charge on any atom is -0.369 e. The Labute approximate surface area is 102 Å². The molecule has 94 valence electrons. The third-order valence-corrected chi connectivity index (χ3v) is 3.49. The molecule has 0 bridgehead atoms. The molecule has 0 atom stereocenters. The Morgan fingerprint density at radius 3 is 2.59 bits per heavy atom. The predicted molar refractivity (Wildman–Crippen MR) is 60.1 cm³/mol. The van der Waals surface area contributed by atoms with E-state index in [-0.39, 0.29) is 11.2 Å². The number of nitrogens with one attached hydrogen (secondary N) is 1. The first kappa shape index (κ1) is 12.5. The van der Waals surface area contributed by atoms with Crippen molar-refractivity contribution in [3.63, 3.8) is 0 Å². The van der Waals surface area contributed by atoms with Crippen LogP contribution in [-0.4, -0.2) is 17.4 Å². The van der Waals surface area contributed by atoms with Crippen LogP contribution in [0.2, 0.25) is 0 Å². The van der Waals surface area contributed by atoms with Gasteiger partial charge in [-0.15, -0.1) is 11.6 Å². The number of rotatable bonds is 4. The van der Waals surface area contributed by atoms with Gasteiger partial charge in [-0.2, -0.15) is 13.2 Å². The molecule has 0 unspecified atom stereocenters. The van der Waals surface area contributed by atoms with E-state index in [0.29, 0.717) is 12.4 Å². The fourth-order valence-corrected chi connectivity index (χ4v) is 1.87. The lowest BCUT2D eigenvalue weighted by Gasteiger charge is -2.14. The first-order valence-electron chi connectivity index (χ1n) is 5.29. The third kappa shape index (κ3) is 3.03. The molecule has 2 rings (SSSR count). The lowest BCUT2D eigenvalue weighted by Crippen LogP contribution is -2.18. The number of hydrogen-bond acceptors (Lipinski definition) is 2. The van der Waals surface area contributed by atoms with Crippen molar-refractivity contribution in [2.45, 2.75) is 19.0 Å². The van der Waals surface area contributed by atoms with Crippen LogP contribution in [-0.2, 0) is 6.18 Å². The fourth-order valence-electron chi connectivity index (χ4n) is 1.50. The molecule has 17 heavy (non-hydrogen) atoms. The van der Waals surface area contributed by atoms with Crippen LogP contribution in [0.4, 0.5) is 19.0 Å². The van der Waals surface area contributed by atoms with Crippen LogP contribution in [0.5, 0.6) is 0 Å². The van der Waals surface area contributed by atoms with Gasteiger partial charge in [0.2, 0.25) is 0 Å². The molecule has 0 aliphatic heterocycles. The number of hydrogen-bond donors (Lipinski definition) is 1. The van der Waals surface area contributed by atoms with E-state index in [4.69, 9.17) is 11.6 Å². The molecule has 1 N–H and O–H groups in total. The molecule has 6 heteroatoms. The highest BCUT2D eigenvalue weighted by Gasteiger charge is 2.41. The van der Waals surface area contributed by atoms with Gasteiger partial charge in [0.25, 0.3) is 0 Å². The van der Waals surface area contributed by atoms with Crippen LogP contribution < -0.4 is 5.32 Å². The van der Waals surface area contributed by atoms with E-state index < -0.39 is 11.9 Å². The monoisotopic (exact) mass is 264 g/mol. The minimum absolute atomic E-state index is 0.0530. The normalized spacial score (nSPS) is 17.9. The summed E-state index contributed by atoms with van der Waals surface area (Å²) in [6, 6.07) is 3.83. The second kappa shape index (κ2) is 4.37. The Morgan fingerprint density at radius 2 is 2.06 bits per heavy atom. The summed E-state index contributed by atoms with van der Waals surface area (Å²) in [5, 5.41) is 2.92. The average molecular weight is 265 g/mol. The smallest absolute Gasteiger partial charge is 0.369 e. The van der Waals surface area contributed by atoms with E-state index in [1.807, 2.05) is 0 Å². The van der Waals surface area contributed by atoms with Crippen LogP contribution in [0, 0.1) is 5.41 Å². The van der Waals surface area contributed by atoms with Crippen LogP contribution in [0.15, 0.2) is 18.2 Å². The summed E-state index contributed by atoms with van der Waals surface area (Å²) >= 11 is 5.79. The van der Waals surface area contributed by atoms with Crippen molar-refractivity contribution in [1.29, 1.82) is 0 Å². The van der Waals surface area contributed by atoms with E-state index in [2.05, 4.69) is 10.3 Å². The molecule has 1 aromatic rings. The predicted octanol–water partition coefficient (Wildman–Crippen LogP) is 3.53. The van der Waals surface area contributed by atoms with Gasteiger partial charge in [0.05, 0.1) is 0 Å². The van der Waals surface area contributed by atoms with Gasteiger partial charge in [0.15, 0.2) is 0 Å². The molecule has 0 amide bonds. The van der Waals surface area contributed by atoms with E-state index in [1.54, 1.807) is 0 Å². The first-order chi connectivity index (χ1) is 7.95. The van der Waals surface area contributed by atoms with Gasteiger partial charge in [-0.3, -0.25) is 0 Å². The molecule has 2 nitrogen and oxygen atoms in total. The zero-order valence-corrected chi connectivity index (χ0v) is 9.78. The summed E-state index contributed by atoms with van der Waals surface area (Å²) < 4.78 is 37.2. The summed E-state index contributed by atoms with van der Waals surface area (Å²) in [5.41, 5.74) is -0.824. The highest BCUT2D eigenvalue weighted by atomic mass is 35.5. The van der Waals surface area contributed by atoms with Gasteiger partial charge in [-0.25, -0.2) is 4.98 Å². The molecule has 1 aliphatic carbocycles. The van der Waals surface area contributed by atoms with Gasteiger partial charge < -0.3 is 5.32 Å². The Balaban J connectivity index is 2.02. The molecule has 1 fully saturated rings.